The molecule has 178 valence electrons. The second kappa shape index (κ2) is 11.3. The number of thioether (sulfide) groups is 2. The van der Waals surface area contributed by atoms with E-state index in [1.807, 2.05) is 84.9 Å². The number of rotatable bonds is 7. The molecule has 0 N–H and O–H groups in total. The van der Waals surface area contributed by atoms with Crippen molar-refractivity contribution in [3.8, 4) is 0 Å². The molecular weight excluding hydrogens is 557 g/mol. The minimum absolute atomic E-state index is 0.301. The normalized spacial score (nSPS) is 11.3. The van der Waals surface area contributed by atoms with Crippen molar-refractivity contribution >= 4 is 56.3 Å². The minimum Gasteiger partial charge on any atom is -0.305 e. The molecule has 1 heterocycles. The molecule has 0 saturated carbocycles. The second-order valence-corrected chi connectivity index (χ2v) is 10.6. The van der Waals surface area contributed by atoms with Gasteiger partial charge in [0, 0.05) is 26.9 Å². The number of para-hydroxylation sites is 1. The highest BCUT2D eigenvalue weighted by Gasteiger charge is 2.42. The number of hydrogen-bond acceptors (Lipinski definition) is 4. The van der Waals surface area contributed by atoms with Gasteiger partial charge in [0.1, 0.15) is 4.60 Å². The van der Waals surface area contributed by atoms with E-state index in [1.54, 1.807) is 6.07 Å². The number of nitrogens with zero attached hydrogens (tertiary/aromatic N) is 2. The zero-order valence-corrected chi connectivity index (χ0v) is 21.3. The molecule has 3 aromatic carbocycles. The molecule has 0 atom stereocenters. The summed E-state index contributed by atoms with van der Waals surface area (Å²) in [6.45, 7) is -0.301. The molecule has 3 nitrogen and oxygen atoms in total. The second-order valence-electron chi connectivity index (χ2n) is 7.34. The highest BCUT2D eigenvalue weighted by atomic mass is 79.9. The largest absolute Gasteiger partial charge is 0.471 e. The molecule has 4 aromatic rings. The lowest BCUT2D eigenvalue weighted by Crippen LogP contribution is -2.37. The zero-order valence-electron chi connectivity index (χ0n) is 18.1. The van der Waals surface area contributed by atoms with Gasteiger partial charge in [-0.2, -0.15) is 13.2 Å². The monoisotopic (exact) mass is 574 g/mol. The highest BCUT2D eigenvalue weighted by Crippen LogP contribution is 2.40. The number of alkyl halides is 3. The molecule has 0 bridgehead atoms. The summed E-state index contributed by atoms with van der Waals surface area (Å²) < 4.78 is 41.7. The average molecular weight is 575 g/mol. The van der Waals surface area contributed by atoms with Crippen LogP contribution >= 0.6 is 39.5 Å². The molecule has 0 aliphatic heterocycles. The van der Waals surface area contributed by atoms with Crippen molar-refractivity contribution in [1.29, 1.82) is 0 Å². The van der Waals surface area contributed by atoms with Crippen LogP contribution in [0.1, 0.15) is 5.56 Å². The van der Waals surface area contributed by atoms with Crippen molar-refractivity contribution in [1.82, 2.24) is 9.88 Å². The molecular formula is C26H18BrF3N2OS2. The summed E-state index contributed by atoms with van der Waals surface area (Å²) >= 11 is 5.94. The van der Waals surface area contributed by atoms with Gasteiger partial charge in [0.15, 0.2) is 0 Å². The van der Waals surface area contributed by atoms with Crippen molar-refractivity contribution in [2.45, 2.75) is 22.5 Å². The van der Waals surface area contributed by atoms with E-state index in [0.717, 1.165) is 15.2 Å². The van der Waals surface area contributed by atoms with Crippen LogP contribution in [-0.2, 0) is 11.3 Å². The Morgan fingerprint density at radius 3 is 2.00 bits per heavy atom. The van der Waals surface area contributed by atoms with Gasteiger partial charge in [-0.15, -0.1) is 0 Å². The molecule has 0 fully saturated rings. The van der Waals surface area contributed by atoms with E-state index >= 15 is 0 Å². The first-order valence-electron chi connectivity index (χ1n) is 10.4. The Kier molecular flexibility index (Phi) is 8.20. The molecule has 4 rings (SSSR count). The Bertz CT molecular complexity index is 1310. The maximum Gasteiger partial charge on any atom is 0.471 e. The van der Waals surface area contributed by atoms with E-state index in [-0.39, 0.29) is 6.54 Å². The predicted molar refractivity (Wildman–Crippen MR) is 139 cm³/mol. The molecule has 9 heteroatoms. The maximum atomic E-state index is 13.6. The van der Waals surface area contributed by atoms with Gasteiger partial charge >= 0.3 is 12.1 Å². The van der Waals surface area contributed by atoms with Gasteiger partial charge < -0.3 is 4.90 Å². The van der Waals surface area contributed by atoms with Gasteiger partial charge in [-0.05, 0) is 52.3 Å². The van der Waals surface area contributed by atoms with Crippen LogP contribution in [0.15, 0.2) is 116 Å². The molecule has 0 spiro atoms. The van der Waals surface area contributed by atoms with E-state index in [1.165, 1.54) is 29.7 Å². The Morgan fingerprint density at radius 1 is 0.886 bits per heavy atom. The zero-order chi connectivity index (χ0) is 24.8. The summed E-state index contributed by atoms with van der Waals surface area (Å²) in [5.74, 6) is -1.95. The lowest BCUT2D eigenvalue weighted by Gasteiger charge is -2.22. The van der Waals surface area contributed by atoms with E-state index in [9.17, 15) is 18.0 Å². The van der Waals surface area contributed by atoms with E-state index in [2.05, 4.69) is 20.9 Å². The summed E-state index contributed by atoms with van der Waals surface area (Å²) in [5.41, 5.74) is 1.17. The number of hydrogen-bond donors (Lipinski definition) is 0. The van der Waals surface area contributed by atoms with Crippen molar-refractivity contribution in [2.24, 2.45) is 0 Å². The van der Waals surface area contributed by atoms with Gasteiger partial charge in [-0.1, -0.05) is 78.1 Å². The first kappa shape index (κ1) is 25.3. The lowest BCUT2D eigenvalue weighted by atomic mass is 10.1. The average Bonchev–Trinajstić information content (AvgIpc) is 2.84. The fraction of sp³-hybridized carbons (Fsp3) is 0.0769. The third kappa shape index (κ3) is 6.90. The number of benzene rings is 3. The molecule has 1 amide bonds. The molecule has 0 unspecified atom stereocenters. The Hall–Kier alpha value is -2.75. The predicted octanol–water partition coefficient (Wildman–Crippen LogP) is 8.27. The van der Waals surface area contributed by atoms with Crippen molar-refractivity contribution in [3.05, 3.63) is 112 Å². The Balaban J connectivity index is 1.74. The number of carbonyl (C=O) groups excluding carboxylic acids is 1. The van der Waals surface area contributed by atoms with Crippen LogP contribution in [0, 0.1) is 0 Å². The van der Waals surface area contributed by atoms with Crippen LogP contribution in [0.25, 0.3) is 10.9 Å². The van der Waals surface area contributed by atoms with Crippen molar-refractivity contribution in [2.75, 3.05) is 0 Å². The summed E-state index contributed by atoms with van der Waals surface area (Å²) in [5, 5.41) is 0.770. The van der Waals surface area contributed by atoms with Crippen LogP contribution in [0.4, 0.5) is 13.2 Å². The molecule has 0 aliphatic carbocycles. The van der Waals surface area contributed by atoms with Gasteiger partial charge in [-0.25, -0.2) is 4.98 Å². The van der Waals surface area contributed by atoms with Gasteiger partial charge in [0.05, 0.1) is 16.3 Å². The van der Waals surface area contributed by atoms with Gasteiger partial charge in [-0.3, -0.25) is 4.79 Å². The van der Waals surface area contributed by atoms with Gasteiger partial charge in [0.2, 0.25) is 0 Å². The SMILES string of the molecule is O=C(N(C=C(Sc1ccccc1)Sc1ccccc1)Cc1cc2ccccc2nc1Br)C(F)(F)F. The smallest absolute Gasteiger partial charge is 0.305 e. The van der Waals surface area contributed by atoms with E-state index in [0.29, 0.717) is 24.8 Å². The first-order valence-corrected chi connectivity index (χ1v) is 12.8. The maximum absolute atomic E-state index is 13.6. The lowest BCUT2D eigenvalue weighted by molar-refractivity contribution is -0.183. The van der Waals surface area contributed by atoms with E-state index in [4.69, 9.17) is 0 Å². The summed E-state index contributed by atoms with van der Waals surface area (Å²) in [4.78, 5) is 19.3. The van der Waals surface area contributed by atoms with Crippen LogP contribution in [0.5, 0.6) is 0 Å². The summed E-state index contributed by atoms with van der Waals surface area (Å²) in [7, 11) is 0. The number of amides is 1. The summed E-state index contributed by atoms with van der Waals surface area (Å²) in [6, 6.07) is 27.6. The topological polar surface area (TPSA) is 33.2 Å². The molecule has 1 aromatic heterocycles. The molecule has 0 radical (unpaired) electrons. The van der Waals surface area contributed by atoms with E-state index < -0.39 is 12.1 Å². The number of fused-ring (bicyclic) bond motifs is 1. The van der Waals surface area contributed by atoms with Crippen molar-refractivity contribution in [3.63, 3.8) is 0 Å². The molecule has 0 saturated heterocycles. The fourth-order valence-electron chi connectivity index (χ4n) is 3.18. The quantitative estimate of drug-likeness (QED) is 0.164. The standard InChI is InChI=1S/C26H18BrF3N2OS2/c27-24-19(15-18-9-7-8-14-22(18)31-24)16-32(25(33)26(28,29)30)17-23(34-20-10-3-1-4-11-20)35-21-12-5-2-6-13-21/h1-15,17H,16H2. The summed E-state index contributed by atoms with van der Waals surface area (Å²) in [6.07, 6.45) is -3.76. The number of halogens is 4. The van der Waals surface area contributed by atoms with Crippen LogP contribution in [0.2, 0.25) is 0 Å². The first-order chi connectivity index (χ1) is 16.8. The van der Waals surface area contributed by atoms with Crippen molar-refractivity contribution < 1.29 is 18.0 Å². The highest BCUT2D eigenvalue weighted by molar-refractivity contribution is 9.10. The number of aromatic nitrogens is 1. The third-order valence-electron chi connectivity index (χ3n) is 4.78. The molecule has 0 aliphatic rings. The fourth-order valence-corrected chi connectivity index (χ4v) is 5.77. The number of pyridine rings is 1. The van der Waals surface area contributed by atoms with Crippen LogP contribution in [-0.4, -0.2) is 22.0 Å². The molecule has 35 heavy (non-hydrogen) atoms. The third-order valence-corrected chi connectivity index (χ3v) is 7.59. The van der Waals surface area contributed by atoms with Gasteiger partial charge in [0.25, 0.3) is 0 Å². The Morgan fingerprint density at radius 2 is 1.43 bits per heavy atom. The van der Waals surface area contributed by atoms with Crippen LogP contribution in [0.3, 0.4) is 0 Å². The Labute approximate surface area is 217 Å². The number of carbonyl (C=O) groups is 1. The van der Waals surface area contributed by atoms with Crippen LogP contribution < -0.4 is 0 Å². The minimum atomic E-state index is -5.03.